The lowest BCUT2D eigenvalue weighted by atomic mass is 10.2. The zero-order valence-corrected chi connectivity index (χ0v) is 9.16. The monoisotopic (exact) mass is 253 g/mol. The summed E-state index contributed by atoms with van der Waals surface area (Å²) in [6.45, 7) is 0. The molecule has 3 nitrogen and oxygen atoms in total. The third kappa shape index (κ3) is 6.18. The second-order valence-electron chi connectivity index (χ2n) is 2.67. The number of carbonyl (C=O) groups is 1. The van der Waals surface area contributed by atoms with Crippen LogP contribution in [-0.2, 0) is 6.18 Å². The molecule has 0 aliphatic carbocycles. The standard InChI is InChI=1S/C7H5F3.C2H5NO2S/c8-7(9,10)6-4-2-1-3-5-6;1-3(6)2(4)5/h1-5H;6H,1H3,(H,4,5). The summed E-state index contributed by atoms with van der Waals surface area (Å²) in [6.07, 6.45) is -5.25. The van der Waals surface area contributed by atoms with Gasteiger partial charge in [0.05, 0.1) is 5.56 Å². The van der Waals surface area contributed by atoms with E-state index in [0.717, 1.165) is 16.4 Å². The van der Waals surface area contributed by atoms with Gasteiger partial charge in [-0.15, -0.1) is 0 Å². The molecule has 16 heavy (non-hydrogen) atoms. The number of alkyl halides is 3. The fraction of sp³-hybridized carbons (Fsp3) is 0.222. The molecule has 0 spiro atoms. The van der Waals surface area contributed by atoms with Gasteiger partial charge in [-0.05, 0) is 0 Å². The van der Waals surface area contributed by atoms with E-state index in [9.17, 15) is 18.0 Å². The Balaban J connectivity index is 0.000000325. The molecule has 0 aliphatic rings. The van der Waals surface area contributed by atoms with Crippen molar-refractivity contribution in [3.8, 4) is 0 Å². The topological polar surface area (TPSA) is 40.5 Å². The average molecular weight is 253 g/mol. The van der Waals surface area contributed by atoms with Crippen LogP contribution in [-0.4, -0.2) is 22.6 Å². The largest absolute Gasteiger partial charge is 0.464 e. The first-order valence-corrected chi connectivity index (χ1v) is 4.43. The molecule has 0 saturated heterocycles. The van der Waals surface area contributed by atoms with E-state index in [0.29, 0.717) is 0 Å². The van der Waals surface area contributed by atoms with Gasteiger partial charge in [0.2, 0.25) is 0 Å². The van der Waals surface area contributed by atoms with E-state index in [4.69, 9.17) is 5.11 Å². The number of carboxylic acid groups (broad SMARTS) is 1. The SMILES string of the molecule is CN(S)C(=O)O.FC(F)(F)c1ccccc1. The summed E-state index contributed by atoms with van der Waals surface area (Å²) in [4.78, 5) is 9.55. The number of rotatable bonds is 0. The summed E-state index contributed by atoms with van der Waals surface area (Å²) >= 11 is 3.43. The Morgan fingerprint density at radius 2 is 1.69 bits per heavy atom. The highest BCUT2D eigenvalue weighted by molar-refractivity contribution is 7.78. The number of thiol groups is 1. The van der Waals surface area contributed by atoms with Crippen molar-refractivity contribution < 1.29 is 23.1 Å². The second-order valence-corrected chi connectivity index (χ2v) is 3.27. The molecule has 0 bridgehead atoms. The van der Waals surface area contributed by atoms with Crippen LogP contribution >= 0.6 is 12.8 Å². The normalized spacial score (nSPS) is 10.1. The molecule has 1 N–H and O–H groups in total. The predicted molar refractivity (Wildman–Crippen MR) is 56.2 cm³/mol. The molecular formula is C9H10F3NO2S. The van der Waals surface area contributed by atoms with Crippen LogP contribution in [0.1, 0.15) is 5.56 Å². The Morgan fingerprint density at radius 1 is 1.31 bits per heavy atom. The van der Waals surface area contributed by atoms with E-state index in [1.807, 2.05) is 0 Å². The number of hydrogen-bond donors (Lipinski definition) is 2. The van der Waals surface area contributed by atoms with Gasteiger partial charge >= 0.3 is 12.3 Å². The average Bonchev–Trinajstić information content (AvgIpc) is 2.18. The first-order valence-electron chi connectivity index (χ1n) is 4.03. The first-order chi connectivity index (χ1) is 7.25. The Kier molecular flexibility index (Phi) is 5.73. The van der Waals surface area contributed by atoms with Gasteiger partial charge in [-0.1, -0.05) is 43.1 Å². The minimum Gasteiger partial charge on any atom is -0.464 e. The third-order valence-electron chi connectivity index (χ3n) is 1.38. The van der Waals surface area contributed by atoms with E-state index < -0.39 is 17.8 Å². The highest BCUT2D eigenvalue weighted by Crippen LogP contribution is 2.28. The molecule has 7 heteroatoms. The number of halogens is 3. The summed E-state index contributed by atoms with van der Waals surface area (Å²) in [5.41, 5.74) is -0.602. The molecule has 0 aliphatic heterocycles. The molecule has 1 amide bonds. The smallest absolute Gasteiger partial charge is 0.416 e. The summed E-state index contributed by atoms with van der Waals surface area (Å²) in [5.74, 6) is 0. The van der Waals surface area contributed by atoms with Crippen LogP contribution in [0, 0.1) is 0 Å². The lowest BCUT2D eigenvalue weighted by Crippen LogP contribution is -2.11. The molecule has 0 saturated carbocycles. The number of amides is 1. The van der Waals surface area contributed by atoms with E-state index >= 15 is 0 Å². The Morgan fingerprint density at radius 3 is 1.88 bits per heavy atom. The van der Waals surface area contributed by atoms with E-state index in [1.54, 1.807) is 6.07 Å². The lowest BCUT2D eigenvalue weighted by molar-refractivity contribution is -0.137. The van der Waals surface area contributed by atoms with E-state index in [2.05, 4.69) is 12.8 Å². The van der Waals surface area contributed by atoms with Crippen LogP contribution in [0.2, 0.25) is 0 Å². The molecule has 0 aromatic heterocycles. The van der Waals surface area contributed by atoms with Gasteiger partial charge in [0.15, 0.2) is 0 Å². The third-order valence-corrected chi connectivity index (χ3v) is 1.55. The van der Waals surface area contributed by atoms with Crippen molar-refractivity contribution in [3.05, 3.63) is 35.9 Å². The van der Waals surface area contributed by atoms with Gasteiger partial charge in [-0.2, -0.15) is 13.2 Å². The van der Waals surface area contributed by atoms with E-state index in [1.165, 1.54) is 19.2 Å². The number of benzene rings is 1. The van der Waals surface area contributed by atoms with Crippen molar-refractivity contribution >= 4 is 18.9 Å². The van der Waals surface area contributed by atoms with Crippen LogP contribution < -0.4 is 0 Å². The van der Waals surface area contributed by atoms with Gasteiger partial charge in [-0.25, -0.2) is 4.79 Å². The molecule has 0 atom stereocenters. The van der Waals surface area contributed by atoms with Crippen molar-refractivity contribution in [2.75, 3.05) is 7.05 Å². The molecule has 0 fully saturated rings. The number of hydrogen-bond acceptors (Lipinski definition) is 2. The number of nitrogens with zero attached hydrogens (tertiary/aromatic N) is 1. The minimum atomic E-state index is -4.21. The minimum absolute atomic E-state index is 0.602. The van der Waals surface area contributed by atoms with Crippen LogP contribution in [0.25, 0.3) is 0 Å². The summed E-state index contributed by atoms with van der Waals surface area (Å²) in [5, 5.41) is 7.84. The fourth-order valence-electron chi connectivity index (χ4n) is 0.627. The summed E-state index contributed by atoms with van der Waals surface area (Å²) in [7, 11) is 1.34. The highest BCUT2D eigenvalue weighted by Gasteiger charge is 2.29. The zero-order chi connectivity index (χ0) is 12.8. The maximum atomic E-state index is 11.8. The zero-order valence-electron chi connectivity index (χ0n) is 8.27. The molecule has 0 heterocycles. The maximum absolute atomic E-state index is 11.8. The van der Waals surface area contributed by atoms with Crippen LogP contribution in [0.15, 0.2) is 30.3 Å². The van der Waals surface area contributed by atoms with Crippen LogP contribution in [0.4, 0.5) is 18.0 Å². The quantitative estimate of drug-likeness (QED) is 0.697. The Bertz CT molecular complexity index is 327. The van der Waals surface area contributed by atoms with Gasteiger partial charge in [0.1, 0.15) is 0 Å². The second kappa shape index (κ2) is 6.26. The molecule has 1 aromatic rings. The van der Waals surface area contributed by atoms with Gasteiger partial charge in [0, 0.05) is 7.05 Å². The molecule has 1 rings (SSSR count). The maximum Gasteiger partial charge on any atom is 0.416 e. The van der Waals surface area contributed by atoms with Gasteiger partial charge in [-0.3, -0.25) is 4.31 Å². The van der Waals surface area contributed by atoms with Crippen molar-refractivity contribution in [1.29, 1.82) is 0 Å². The Labute approximate surface area is 96.0 Å². The highest BCUT2D eigenvalue weighted by atomic mass is 32.1. The molecule has 0 radical (unpaired) electrons. The summed E-state index contributed by atoms with van der Waals surface area (Å²) < 4.78 is 36.1. The first kappa shape index (κ1) is 14.6. The lowest BCUT2D eigenvalue weighted by Gasteiger charge is -2.03. The molecule has 1 aromatic carbocycles. The van der Waals surface area contributed by atoms with Crippen molar-refractivity contribution in [2.24, 2.45) is 0 Å². The van der Waals surface area contributed by atoms with Crippen molar-refractivity contribution in [1.82, 2.24) is 4.31 Å². The van der Waals surface area contributed by atoms with Crippen LogP contribution in [0.5, 0.6) is 0 Å². The molecule has 0 unspecified atom stereocenters. The van der Waals surface area contributed by atoms with Crippen LogP contribution in [0.3, 0.4) is 0 Å². The fourth-order valence-corrected chi connectivity index (χ4v) is 0.627. The Hall–Kier alpha value is -1.37. The molecule has 90 valence electrons. The summed E-state index contributed by atoms with van der Waals surface area (Å²) in [6, 6.07) is 6.36. The molecular weight excluding hydrogens is 243 g/mol. The van der Waals surface area contributed by atoms with E-state index in [-0.39, 0.29) is 0 Å². The van der Waals surface area contributed by atoms with Crippen molar-refractivity contribution in [2.45, 2.75) is 6.18 Å². The van der Waals surface area contributed by atoms with Gasteiger partial charge in [0.25, 0.3) is 0 Å². The van der Waals surface area contributed by atoms with Gasteiger partial charge < -0.3 is 5.11 Å². The predicted octanol–water partition coefficient (Wildman–Crippen LogP) is 3.15. The van der Waals surface area contributed by atoms with Crippen molar-refractivity contribution in [3.63, 3.8) is 0 Å².